The van der Waals surface area contributed by atoms with E-state index in [9.17, 15) is 9.18 Å². The molecule has 2 amide bonds. The Morgan fingerprint density at radius 1 is 1.05 bits per heavy atom. The van der Waals surface area contributed by atoms with Crippen LogP contribution in [0.4, 0.5) is 20.6 Å². The third kappa shape index (κ3) is 3.96. The monoisotopic (exact) mass is 323 g/mol. The molecule has 0 unspecified atom stereocenters. The maximum atomic E-state index is 12.7. The number of carbonyl (C=O) groups is 1. The number of carbonyl (C=O) groups excluding carboxylic acids is 1. The number of hydrazine groups is 1. The largest absolute Gasteiger partial charge is 0.337 e. The lowest BCUT2D eigenvalue weighted by Crippen LogP contribution is -2.33. The Morgan fingerprint density at radius 3 is 2.42 bits per heavy atom. The third-order valence-electron chi connectivity index (χ3n) is 2.29. The lowest BCUT2D eigenvalue weighted by atomic mass is 10.3. The molecule has 2 aromatic carbocycles. The minimum absolute atomic E-state index is 0.350. The van der Waals surface area contributed by atoms with Crippen LogP contribution in [0.2, 0.25) is 0 Å². The Kier molecular flexibility index (Phi) is 4.35. The predicted molar refractivity (Wildman–Crippen MR) is 76.3 cm³/mol. The number of hydrogen-bond acceptors (Lipinski definition) is 2. The fraction of sp³-hybridized carbons (Fsp3) is 0. The molecule has 0 fully saturated rings. The van der Waals surface area contributed by atoms with Crippen molar-refractivity contribution in [3.63, 3.8) is 0 Å². The first-order chi connectivity index (χ1) is 9.15. The number of hydrogen-bond donors (Lipinski definition) is 3. The average molecular weight is 324 g/mol. The van der Waals surface area contributed by atoms with Crippen molar-refractivity contribution in [1.29, 1.82) is 0 Å². The Labute approximate surface area is 118 Å². The number of halogens is 2. The Balaban J connectivity index is 1.88. The minimum atomic E-state index is -0.442. The van der Waals surface area contributed by atoms with Gasteiger partial charge in [0.05, 0.1) is 5.69 Å². The lowest BCUT2D eigenvalue weighted by molar-refractivity contribution is 0.254. The smallest absolute Gasteiger partial charge is 0.307 e. The van der Waals surface area contributed by atoms with Crippen LogP contribution in [0.25, 0.3) is 0 Å². The van der Waals surface area contributed by atoms with Crippen molar-refractivity contribution in [3.05, 3.63) is 58.8 Å². The van der Waals surface area contributed by atoms with Crippen LogP contribution in [0.1, 0.15) is 0 Å². The van der Waals surface area contributed by atoms with E-state index in [-0.39, 0.29) is 5.82 Å². The molecular formula is C13H11BrFN3O. The quantitative estimate of drug-likeness (QED) is 0.754. The van der Waals surface area contributed by atoms with Gasteiger partial charge in [-0.15, -0.1) is 0 Å². The highest BCUT2D eigenvalue weighted by atomic mass is 79.9. The molecule has 0 aliphatic carbocycles. The number of amides is 2. The molecule has 0 bridgehead atoms. The summed E-state index contributed by atoms with van der Waals surface area (Å²) < 4.78 is 13.5. The topological polar surface area (TPSA) is 53.2 Å². The summed E-state index contributed by atoms with van der Waals surface area (Å²) in [6.45, 7) is 0. The lowest BCUT2D eigenvalue weighted by Gasteiger charge is -2.11. The molecule has 0 atom stereocenters. The van der Waals surface area contributed by atoms with E-state index in [1.165, 1.54) is 24.3 Å². The van der Waals surface area contributed by atoms with E-state index in [1.807, 2.05) is 24.3 Å². The number of nitrogens with one attached hydrogen (secondary N) is 3. The van der Waals surface area contributed by atoms with Crippen LogP contribution < -0.4 is 16.2 Å². The van der Waals surface area contributed by atoms with Crippen molar-refractivity contribution in [1.82, 2.24) is 5.43 Å². The normalized spacial score (nSPS) is 9.79. The Bertz CT molecular complexity index is 574. The molecule has 0 heterocycles. The summed E-state index contributed by atoms with van der Waals surface area (Å²) >= 11 is 3.35. The standard InChI is InChI=1S/C13H11BrFN3O/c14-11-3-1-2-4-12(11)17-18-13(19)16-10-7-5-9(15)6-8-10/h1-8,17H,(H2,16,18,19). The molecule has 0 saturated carbocycles. The zero-order chi connectivity index (χ0) is 13.7. The number of anilines is 2. The zero-order valence-corrected chi connectivity index (χ0v) is 11.4. The van der Waals surface area contributed by atoms with Gasteiger partial charge in [0, 0.05) is 10.2 Å². The minimum Gasteiger partial charge on any atom is -0.307 e. The maximum Gasteiger partial charge on any atom is 0.337 e. The van der Waals surface area contributed by atoms with Crippen LogP contribution in [0.5, 0.6) is 0 Å². The molecule has 2 aromatic rings. The maximum absolute atomic E-state index is 12.7. The molecule has 0 saturated heterocycles. The summed E-state index contributed by atoms with van der Waals surface area (Å²) in [6, 6.07) is 12.4. The van der Waals surface area contributed by atoms with Crippen LogP contribution in [0.15, 0.2) is 53.0 Å². The van der Waals surface area contributed by atoms with Crippen molar-refractivity contribution in [3.8, 4) is 0 Å². The molecule has 0 spiro atoms. The van der Waals surface area contributed by atoms with Gasteiger partial charge in [-0.3, -0.25) is 10.9 Å². The van der Waals surface area contributed by atoms with Gasteiger partial charge in [0.1, 0.15) is 5.82 Å². The van der Waals surface area contributed by atoms with E-state index in [1.54, 1.807) is 0 Å². The van der Waals surface area contributed by atoms with Gasteiger partial charge in [0.15, 0.2) is 0 Å². The SMILES string of the molecule is O=C(NNc1ccccc1Br)Nc1ccc(F)cc1. The molecule has 98 valence electrons. The zero-order valence-electron chi connectivity index (χ0n) is 9.78. The Morgan fingerprint density at radius 2 is 1.74 bits per heavy atom. The summed E-state index contributed by atoms with van der Waals surface area (Å²) in [5.41, 5.74) is 6.48. The van der Waals surface area contributed by atoms with Crippen molar-refractivity contribution < 1.29 is 9.18 Å². The second-order valence-corrected chi connectivity index (χ2v) is 4.55. The fourth-order valence-corrected chi connectivity index (χ4v) is 1.77. The van der Waals surface area contributed by atoms with Crippen LogP contribution in [-0.2, 0) is 0 Å². The Hall–Kier alpha value is -2.08. The number of rotatable bonds is 3. The van der Waals surface area contributed by atoms with Gasteiger partial charge in [-0.2, -0.15) is 0 Å². The second-order valence-electron chi connectivity index (χ2n) is 3.69. The number of para-hydroxylation sites is 1. The summed E-state index contributed by atoms with van der Waals surface area (Å²) in [7, 11) is 0. The van der Waals surface area contributed by atoms with Crippen LogP contribution in [-0.4, -0.2) is 6.03 Å². The number of benzene rings is 2. The van der Waals surface area contributed by atoms with Gasteiger partial charge in [0.2, 0.25) is 0 Å². The van der Waals surface area contributed by atoms with E-state index in [0.29, 0.717) is 5.69 Å². The second kappa shape index (κ2) is 6.19. The van der Waals surface area contributed by atoms with E-state index in [4.69, 9.17) is 0 Å². The van der Waals surface area contributed by atoms with Crippen molar-refractivity contribution >= 4 is 33.3 Å². The summed E-state index contributed by atoms with van der Waals surface area (Å²) in [4.78, 5) is 11.6. The van der Waals surface area contributed by atoms with Crippen molar-refractivity contribution in [2.75, 3.05) is 10.7 Å². The van der Waals surface area contributed by atoms with Gasteiger partial charge >= 0.3 is 6.03 Å². The van der Waals surface area contributed by atoms with E-state index < -0.39 is 6.03 Å². The molecular weight excluding hydrogens is 313 g/mol. The van der Waals surface area contributed by atoms with Gasteiger partial charge in [-0.05, 0) is 52.3 Å². The molecule has 6 heteroatoms. The van der Waals surface area contributed by atoms with Crippen LogP contribution >= 0.6 is 15.9 Å². The van der Waals surface area contributed by atoms with E-state index in [0.717, 1.165) is 10.2 Å². The molecule has 0 aromatic heterocycles. The predicted octanol–water partition coefficient (Wildman–Crippen LogP) is 3.74. The molecule has 0 aliphatic rings. The van der Waals surface area contributed by atoms with E-state index >= 15 is 0 Å². The summed E-state index contributed by atoms with van der Waals surface area (Å²) in [5.74, 6) is -0.350. The highest BCUT2D eigenvalue weighted by molar-refractivity contribution is 9.10. The first kappa shape index (κ1) is 13.4. The molecule has 0 radical (unpaired) electrons. The summed E-state index contributed by atoms with van der Waals surface area (Å²) in [5, 5.41) is 2.56. The van der Waals surface area contributed by atoms with Gasteiger partial charge in [0.25, 0.3) is 0 Å². The van der Waals surface area contributed by atoms with Gasteiger partial charge < -0.3 is 5.32 Å². The fourth-order valence-electron chi connectivity index (χ4n) is 1.38. The molecule has 2 rings (SSSR count). The molecule has 0 aliphatic heterocycles. The number of urea groups is 1. The van der Waals surface area contributed by atoms with E-state index in [2.05, 4.69) is 32.1 Å². The highest BCUT2D eigenvalue weighted by Gasteiger charge is 2.02. The first-order valence-corrected chi connectivity index (χ1v) is 6.27. The average Bonchev–Trinajstić information content (AvgIpc) is 2.40. The third-order valence-corrected chi connectivity index (χ3v) is 2.98. The summed E-state index contributed by atoms with van der Waals surface area (Å²) in [6.07, 6.45) is 0. The highest BCUT2D eigenvalue weighted by Crippen LogP contribution is 2.20. The van der Waals surface area contributed by atoms with Crippen molar-refractivity contribution in [2.24, 2.45) is 0 Å². The molecule has 3 N–H and O–H groups in total. The molecule has 4 nitrogen and oxygen atoms in total. The van der Waals surface area contributed by atoms with Gasteiger partial charge in [-0.1, -0.05) is 12.1 Å². The molecule has 19 heavy (non-hydrogen) atoms. The van der Waals surface area contributed by atoms with Crippen LogP contribution in [0, 0.1) is 5.82 Å². The van der Waals surface area contributed by atoms with Gasteiger partial charge in [-0.25, -0.2) is 9.18 Å². The van der Waals surface area contributed by atoms with Crippen molar-refractivity contribution in [2.45, 2.75) is 0 Å². The van der Waals surface area contributed by atoms with Crippen LogP contribution in [0.3, 0.4) is 0 Å². The first-order valence-electron chi connectivity index (χ1n) is 5.48.